The van der Waals surface area contributed by atoms with E-state index in [0.717, 1.165) is 21.8 Å². The van der Waals surface area contributed by atoms with Gasteiger partial charge < -0.3 is 27.4 Å². The predicted octanol–water partition coefficient (Wildman–Crippen LogP) is 2.49. The number of rotatable bonds is 10. The van der Waals surface area contributed by atoms with Crippen LogP contribution in [0.15, 0.2) is 64.9 Å². The number of thioether (sulfide) groups is 1. The number of carbonyl (C=O) groups excluding carboxylic acids is 1. The van der Waals surface area contributed by atoms with Gasteiger partial charge in [0.1, 0.15) is 11.9 Å². The maximum Gasteiger partial charge on any atom is 0.358 e. The Morgan fingerprint density at radius 2 is 1.60 bits per heavy atom. The predicted molar refractivity (Wildman–Crippen MR) is 167 cm³/mol. The van der Waals surface area contributed by atoms with Gasteiger partial charge in [0, 0.05) is 30.5 Å². The molecule has 0 spiro atoms. The molecule has 0 aliphatic heterocycles. The second-order valence-corrected chi connectivity index (χ2v) is 14.7. The van der Waals surface area contributed by atoms with Crippen LogP contribution in [0.4, 0.5) is 5.69 Å². The van der Waals surface area contributed by atoms with Gasteiger partial charge in [-0.1, -0.05) is 61.1 Å². The first-order chi connectivity index (χ1) is 18.6. The number of aryl methyl sites for hydroxylation is 2. The molecule has 0 unspecified atom stereocenters. The Labute approximate surface area is 266 Å². The van der Waals surface area contributed by atoms with E-state index < -0.39 is 10.0 Å². The third-order valence-corrected chi connectivity index (χ3v) is 8.92. The van der Waals surface area contributed by atoms with E-state index in [9.17, 15) is 18.3 Å². The van der Waals surface area contributed by atoms with Gasteiger partial charge in [-0.25, -0.2) is 17.7 Å². The molecule has 232 valence electrons. The number of halogens is 1. The number of phenolic OH excluding ortho intramolecular Hbond substituents is 1. The van der Waals surface area contributed by atoms with Crippen LogP contribution in [-0.4, -0.2) is 36.7 Å². The Balaban J connectivity index is 0.00000441. The Bertz CT molecular complexity index is 1410. The molecule has 8 nitrogen and oxygen atoms in total. The normalized spacial score (nSPS) is 11.8. The van der Waals surface area contributed by atoms with Crippen LogP contribution < -0.4 is 31.6 Å². The number of hydrogen-bond donors (Lipinski definition) is 3. The van der Waals surface area contributed by atoms with Crippen molar-refractivity contribution in [2.75, 3.05) is 17.6 Å². The maximum absolute atomic E-state index is 12.7. The molecule has 1 heterocycles. The number of nitrogens with zero attached hydrogens (tertiary/aromatic N) is 2. The Kier molecular flexibility index (Phi) is 13.7. The summed E-state index contributed by atoms with van der Waals surface area (Å²) in [6, 6.07) is 11.9. The van der Waals surface area contributed by atoms with E-state index in [4.69, 9.17) is 0 Å². The topological polar surface area (TPSA) is 112 Å². The monoisotopic (exact) mass is 680 g/mol. The minimum absolute atomic E-state index is 0. The first kappa shape index (κ1) is 37.6. The van der Waals surface area contributed by atoms with Crippen LogP contribution in [0, 0.1) is 0 Å². The van der Waals surface area contributed by atoms with Crippen molar-refractivity contribution in [3.8, 4) is 5.75 Å². The van der Waals surface area contributed by atoms with E-state index in [1.54, 1.807) is 18.3 Å². The average Bonchev–Trinajstić information content (AvgIpc) is 2.86. The summed E-state index contributed by atoms with van der Waals surface area (Å²) in [5.41, 5.74) is 2.77. The zero-order valence-corrected chi connectivity index (χ0v) is 28.0. The highest BCUT2D eigenvalue weighted by Crippen LogP contribution is 2.40. The van der Waals surface area contributed by atoms with Gasteiger partial charge in [0.15, 0.2) is 0 Å². The lowest BCUT2D eigenvalue weighted by Crippen LogP contribution is -3.00. The highest BCUT2D eigenvalue weighted by atomic mass is 79.9. The summed E-state index contributed by atoms with van der Waals surface area (Å²) in [4.78, 5) is 17.1. The Morgan fingerprint density at radius 1 is 1.02 bits per heavy atom. The fraction of sp³-hybridized carbons (Fsp3) is 0.452. The van der Waals surface area contributed by atoms with Gasteiger partial charge in [-0.2, -0.15) is 0 Å². The number of nitrogens with one attached hydrogen (secondary N) is 2. The summed E-state index contributed by atoms with van der Waals surface area (Å²) in [7, 11) is -1.79. The molecular formula is C31H45BrN4O4S2. The Morgan fingerprint density at radius 3 is 2.12 bits per heavy atom. The molecule has 3 rings (SSSR count). The van der Waals surface area contributed by atoms with Crippen molar-refractivity contribution in [3.05, 3.63) is 71.5 Å². The zero-order chi connectivity index (χ0) is 29.7. The summed E-state index contributed by atoms with van der Waals surface area (Å²) in [6.45, 7) is 12.6. The second kappa shape index (κ2) is 15.3. The zero-order valence-electron chi connectivity index (χ0n) is 24.8. The molecule has 1 aromatic heterocycles. The standard InChI is InChI=1S/C30H40N4O4S2.CH4.BrH/c1-29(2,3)24-19-21(20-25(27(24)36)30(4,5)6)9-14-26(35)33-22-10-12-23(13-11-22)40(37,38)32-16-18-39-28-31-15-8-17-34(28)7;;/h8,10-13,15,17,19-20,32H,9,14,16,18H2,1-7H3,(H-,33,35,36);1H4;1H. The number of sulfonamides is 1. The van der Waals surface area contributed by atoms with Crippen molar-refractivity contribution in [1.29, 1.82) is 0 Å². The van der Waals surface area contributed by atoms with Gasteiger partial charge in [0.2, 0.25) is 15.9 Å². The number of aromatic nitrogens is 2. The number of aromatic hydroxyl groups is 1. The first-order valence-corrected chi connectivity index (χ1v) is 15.7. The largest absolute Gasteiger partial charge is 1.00 e. The van der Waals surface area contributed by atoms with E-state index >= 15 is 0 Å². The van der Waals surface area contributed by atoms with E-state index in [1.807, 2.05) is 36.0 Å². The number of phenols is 1. The van der Waals surface area contributed by atoms with Crippen molar-refractivity contribution in [2.24, 2.45) is 7.05 Å². The molecule has 0 aliphatic carbocycles. The summed E-state index contributed by atoms with van der Waals surface area (Å²) in [6.07, 6.45) is 4.36. The molecule has 42 heavy (non-hydrogen) atoms. The number of amides is 1. The van der Waals surface area contributed by atoms with Crippen LogP contribution in [0.3, 0.4) is 0 Å². The van der Waals surface area contributed by atoms with Gasteiger partial charge >= 0.3 is 5.16 Å². The van der Waals surface area contributed by atoms with Gasteiger partial charge in [-0.15, -0.1) is 0 Å². The summed E-state index contributed by atoms with van der Waals surface area (Å²) < 4.78 is 29.8. The minimum atomic E-state index is -3.68. The van der Waals surface area contributed by atoms with E-state index in [-0.39, 0.29) is 59.0 Å². The van der Waals surface area contributed by atoms with Gasteiger partial charge in [-0.05, 0) is 75.0 Å². The van der Waals surface area contributed by atoms with Crippen molar-refractivity contribution >= 4 is 33.4 Å². The van der Waals surface area contributed by atoms with Crippen LogP contribution in [0.5, 0.6) is 5.75 Å². The molecule has 0 bridgehead atoms. The van der Waals surface area contributed by atoms with Crippen molar-refractivity contribution < 1.29 is 39.9 Å². The molecule has 0 radical (unpaired) electrons. The molecule has 1 amide bonds. The lowest BCUT2D eigenvalue weighted by atomic mass is 9.78. The third-order valence-electron chi connectivity index (χ3n) is 6.38. The van der Waals surface area contributed by atoms with E-state index in [0.29, 0.717) is 23.6 Å². The number of anilines is 1. The molecule has 11 heteroatoms. The number of carbonyl (C=O) groups is 1. The molecule has 0 saturated heterocycles. The third kappa shape index (κ3) is 10.4. The maximum atomic E-state index is 12.7. The lowest BCUT2D eigenvalue weighted by molar-refractivity contribution is -0.713. The number of hydrogen-bond acceptors (Lipinski definition) is 6. The molecule has 0 saturated carbocycles. The van der Waals surface area contributed by atoms with E-state index in [2.05, 4.69) is 56.6 Å². The van der Waals surface area contributed by atoms with Crippen LogP contribution in [0.2, 0.25) is 0 Å². The SMILES string of the molecule is C.C[n+]1cccnc1SCCNS(=O)(=O)c1ccc(NC(=O)CCc2cc(C(C)(C)C)c(O)c(C(C)(C)C)c2)cc1.[Br-]. The van der Waals surface area contributed by atoms with Crippen LogP contribution >= 0.6 is 11.8 Å². The molecule has 3 aromatic rings. The van der Waals surface area contributed by atoms with E-state index in [1.165, 1.54) is 23.9 Å². The summed E-state index contributed by atoms with van der Waals surface area (Å²) >= 11 is 1.46. The quantitative estimate of drug-likeness (QED) is 0.131. The van der Waals surface area contributed by atoms with Crippen molar-refractivity contribution in [3.63, 3.8) is 0 Å². The summed E-state index contributed by atoms with van der Waals surface area (Å²) in [5, 5.41) is 14.6. The highest BCUT2D eigenvalue weighted by molar-refractivity contribution is 7.99. The molecule has 3 N–H and O–H groups in total. The van der Waals surface area contributed by atoms with Crippen LogP contribution in [0.1, 0.15) is 72.1 Å². The first-order valence-electron chi connectivity index (χ1n) is 13.3. The summed E-state index contributed by atoms with van der Waals surface area (Å²) in [5.74, 6) is 0.684. The molecule has 2 aromatic carbocycles. The fourth-order valence-corrected chi connectivity index (χ4v) is 6.10. The molecular weight excluding hydrogens is 636 g/mol. The van der Waals surface area contributed by atoms with Gasteiger partial charge in [-0.3, -0.25) is 4.79 Å². The highest BCUT2D eigenvalue weighted by Gasteiger charge is 2.26. The average molecular weight is 682 g/mol. The fourth-order valence-electron chi connectivity index (χ4n) is 4.15. The molecule has 0 fully saturated rings. The smallest absolute Gasteiger partial charge is 0.358 e. The lowest BCUT2D eigenvalue weighted by Gasteiger charge is -2.28. The van der Waals surface area contributed by atoms with Crippen molar-refractivity contribution in [1.82, 2.24) is 9.71 Å². The second-order valence-electron chi connectivity index (χ2n) is 11.9. The van der Waals surface area contributed by atoms with Crippen LogP contribution in [0.25, 0.3) is 0 Å². The van der Waals surface area contributed by atoms with Gasteiger partial charge in [0.05, 0.1) is 18.1 Å². The Hall–Kier alpha value is -2.47. The van der Waals surface area contributed by atoms with Crippen molar-refractivity contribution in [2.45, 2.75) is 82.7 Å². The number of benzene rings is 2. The van der Waals surface area contributed by atoms with Gasteiger partial charge in [0.25, 0.3) is 0 Å². The molecule has 0 aliphatic rings. The van der Waals surface area contributed by atoms with Crippen LogP contribution in [-0.2, 0) is 39.1 Å². The molecule has 0 atom stereocenters. The minimum Gasteiger partial charge on any atom is -1.00 e.